The Morgan fingerprint density at radius 1 is 1.31 bits per heavy atom. The second-order valence-electron chi connectivity index (χ2n) is 8.57. The minimum Gasteiger partial charge on any atom is -0.469 e. The van der Waals surface area contributed by atoms with Crippen molar-refractivity contribution in [2.75, 3.05) is 30.9 Å². The average molecular weight is 472 g/mol. The summed E-state index contributed by atoms with van der Waals surface area (Å²) in [6, 6.07) is 6.52. The average Bonchev–Trinajstić information content (AvgIpc) is 3.46. The van der Waals surface area contributed by atoms with Crippen LogP contribution in [-0.2, 0) is 20.9 Å². The van der Waals surface area contributed by atoms with Crippen molar-refractivity contribution < 1.29 is 14.3 Å². The molecule has 3 aliphatic heterocycles. The van der Waals surface area contributed by atoms with Crippen LogP contribution >= 0.6 is 23.5 Å². The number of methoxy groups -OCH3 is 1. The Labute approximate surface area is 197 Å². The monoisotopic (exact) mass is 471 g/mol. The second-order valence-corrected chi connectivity index (χ2v) is 11.1. The summed E-state index contributed by atoms with van der Waals surface area (Å²) in [5, 5.41) is 1.08. The van der Waals surface area contributed by atoms with Crippen molar-refractivity contribution >= 4 is 46.3 Å². The van der Waals surface area contributed by atoms with Gasteiger partial charge < -0.3 is 14.5 Å². The number of hydrogen-bond acceptors (Lipinski definition) is 7. The number of hydrogen-bond donors (Lipinski definition) is 0. The summed E-state index contributed by atoms with van der Waals surface area (Å²) in [5.41, 5.74) is 4.59. The standard InChI is InChI=1S/C24H29N3O3S2/c1-3-31-24(11-10-21(28)30-2)18-7-5-4-6-17(18)22(29)27(24)15-16-8-9-20-19(14-16)26-13-12-25-23(26)32-20/h8-9,14H,3-7,10-13,15H2,1-2H3. The molecule has 1 aromatic rings. The Hall–Kier alpha value is -1.93. The fourth-order valence-electron chi connectivity index (χ4n) is 5.37. The summed E-state index contributed by atoms with van der Waals surface area (Å²) < 4.78 is 4.95. The number of carbonyl (C=O) groups is 2. The van der Waals surface area contributed by atoms with Crippen molar-refractivity contribution in [1.29, 1.82) is 0 Å². The minimum absolute atomic E-state index is 0.156. The lowest BCUT2D eigenvalue weighted by Gasteiger charge is -2.41. The molecule has 3 heterocycles. The van der Waals surface area contributed by atoms with Gasteiger partial charge in [-0.2, -0.15) is 0 Å². The van der Waals surface area contributed by atoms with Crippen molar-refractivity contribution in [3.63, 3.8) is 0 Å². The number of thioether (sulfide) groups is 2. The fraction of sp³-hybridized carbons (Fsp3) is 0.542. The van der Waals surface area contributed by atoms with Crippen LogP contribution < -0.4 is 4.90 Å². The highest BCUT2D eigenvalue weighted by Gasteiger charge is 2.51. The van der Waals surface area contributed by atoms with E-state index in [4.69, 9.17) is 4.74 Å². The first-order valence-corrected chi connectivity index (χ1v) is 13.3. The lowest BCUT2D eigenvalue weighted by Crippen LogP contribution is -2.46. The zero-order valence-corrected chi connectivity index (χ0v) is 20.3. The summed E-state index contributed by atoms with van der Waals surface area (Å²) in [7, 11) is 1.43. The third-order valence-electron chi connectivity index (χ3n) is 6.82. The number of aliphatic imine (C=N–C) groups is 1. The molecule has 8 heteroatoms. The van der Waals surface area contributed by atoms with Gasteiger partial charge in [0, 0.05) is 30.0 Å². The SMILES string of the molecule is CCSC1(CCC(=O)OC)C2=C(CCCC2)C(=O)N1Cc1ccc2c(c1)N1CCN=C1S2. The molecule has 0 N–H and O–H groups in total. The predicted molar refractivity (Wildman–Crippen MR) is 130 cm³/mol. The van der Waals surface area contributed by atoms with Crippen molar-refractivity contribution in [1.82, 2.24) is 4.90 Å². The molecule has 5 rings (SSSR count). The van der Waals surface area contributed by atoms with Gasteiger partial charge in [-0.3, -0.25) is 14.6 Å². The molecule has 0 spiro atoms. The summed E-state index contributed by atoms with van der Waals surface area (Å²) in [6.07, 6.45) is 4.89. The third-order valence-corrected chi connectivity index (χ3v) is 9.35. The van der Waals surface area contributed by atoms with Gasteiger partial charge >= 0.3 is 5.97 Å². The van der Waals surface area contributed by atoms with Crippen LogP contribution in [-0.4, -0.2) is 52.8 Å². The van der Waals surface area contributed by atoms with Gasteiger partial charge in [0.1, 0.15) is 4.87 Å². The molecular weight excluding hydrogens is 442 g/mol. The van der Waals surface area contributed by atoms with Gasteiger partial charge in [-0.15, -0.1) is 11.8 Å². The third kappa shape index (κ3) is 3.55. The number of ether oxygens (including phenoxy) is 1. The summed E-state index contributed by atoms with van der Waals surface area (Å²) in [5.74, 6) is 0.827. The molecule has 4 aliphatic rings. The first kappa shape index (κ1) is 21.9. The van der Waals surface area contributed by atoms with Crippen LogP contribution in [0.4, 0.5) is 5.69 Å². The zero-order valence-electron chi connectivity index (χ0n) is 18.7. The van der Waals surface area contributed by atoms with Gasteiger partial charge in [-0.1, -0.05) is 13.0 Å². The maximum Gasteiger partial charge on any atom is 0.305 e. The van der Waals surface area contributed by atoms with E-state index in [2.05, 4.69) is 39.9 Å². The van der Waals surface area contributed by atoms with Gasteiger partial charge in [0.2, 0.25) is 0 Å². The van der Waals surface area contributed by atoms with Crippen molar-refractivity contribution in [2.45, 2.75) is 61.8 Å². The molecule has 1 unspecified atom stereocenters. The number of nitrogens with zero attached hydrogens (tertiary/aromatic N) is 3. The molecule has 0 radical (unpaired) electrons. The highest BCUT2D eigenvalue weighted by Crippen LogP contribution is 2.52. The molecule has 0 saturated heterocycles. The molecule has 1 aromatic carbocycles. The van der Waals surface area contributed by atoms with Gasteiger partial charge in [0.15, 0.2) is 5.17 Å². The first-order valence-electron chi connectivity index (χ1n) is 11.5. The molecule has 1 aliphatic carbocycles. The van der Waals surface area contributed by atoms with E-state index >= 15 is 0 Å². The second kappa shape index (κ2) is 8.78. The summed E-state index contributed by atoms with van der Waals surface area (Å²) >= 11 is 3.53. The van der Waals surface area contributed by atoms with Crippen LogP contribution in [0.1, 0.15) is 51.0 Å². The smallest absolute Gasteiger partial charge is 0.305 e. The van der Waals surface area contributed by atoms with Gasteiger partial charge in [0.05, 0.1) is 19.3 Å². The van der Waals surface area contributed by atoms with E-state index in [0.29, 0.717) is 19.4 Å². The van der Waals surface area contributed by atoms with Gasteiger partial charge in [-0.25, -0.2) is 0 Å². The summed E-state index contributed by atoms with van der Waals surface area (Å²) in [6.45, 7) is 4.46. The van der Waals surface area contributed by atoms with E-state index in [0.717, 1.165) is 60.8 Å². The number of fused-ring (bicyclic) bond motifs is 3. The zero-order chi connectivity index (χ0) is 22.3. The Morgan fingerprint density at radius 3 is 2.97 bits per heavy atom. The predicted octanol–water partition coefficient (Wildman–Crippen LogP) is 4.58. The maximum absolute atomic E-state index is 13.7. The highest BCUT2D eigenvalue weighted by molar-refractivity contribution is 8.14. The Bertz CT molecular complexity index is 1020. The molecule has 0 bridgehead atoms. The van der Waals surface area contributed by atoms with E-state index in [-0.39, 0.29) is 11.9 Å². The van der Waals surface area contributed by atoms with E-state index in [1.807, 2.05) is 0 Å². The lowest BCUT2D eigenvalue weighted by molar-refractivity contribution is -0.141. The van der Waals surface area contributed by atoms with Crippen LogP contribution in [0, 0.1) is 0 Å². The largest absolute Gasteiger partial charge is 0.469 e. The van der Waals surface area contributed by atoms with Crippen LogP contribution in [0.15, 0.2) is 39.2 Å². The number of benzene rings is 1. The normalized spacial score (nSPS) is 23.9. The Kier molecular flexibility index (Phi) is 6.01. The van der Waals surface area contributed by atoms with Crippen LogP contribution in [0.3, 0.4) is 0 Å². The van der Waals surface area contributed by atoms with Crippen LogP contribution in [0.5, 0.6) is 0 Å². The number of amidine groups is 1. The van der Waals surface area contributed by atoms with Gasteiger partial charge in [-0.05, 0) is 72.9 Å². The topological polar surface area (TPSA) is 62.2 Å². The maximum atomic E-state index is 13.7. The molecule has 1 atom stereocenters. The molecule has 1 amide bonds. The highest BCUT2D eigenvalue weighted by atomic mass is 32.2. The van der Waals surface area contributed by atoms with Gasteiger partial charge in [0.25, 0.3) is 5.91 Å². The number of esters is 1. The summed E-state index contributed by atoms with van der Waals surface area (Å²) in [4.78, 5) is 35.5. The molecular formula is C24H29N3O3S2. The number of rotatable bonds is 7. The molecule has 0 aromatic heterocycles. The Morgan fingerprint density at radius 2 is 2.16 bits per heavy atom. The van der Waals surface area contributed by atoms with Crippen molar-refractivity contribution in [3.8, 4) is 0 Å². The first-order chi connectivity index (χ1) is 15.6. The number of carbonyl (C=O) groups excluding carboxylic acids is 2. The number of anilines is 1. The van der Waals surface area contributed by atoms with Crippen molar-refractivity contribution in [3.05, 3.63) is 34.9 Å². The minimum atomic E-state index is -0.455. The lowest BCUT2D eigenvalue weighted by atomic mass is 9.88. The molecule has 0 fully saturated rings. The van der Waals surface area contributed by atoms with E-state index in [1.165, 1.54) is 23.3 Å². The van der Waals surface area contributed by atoms with E-state index in [1.54, 1.807) is 23.5 Å². The molecule has 0 saturated carbocycles. The molecule has 170 valence electrons. The number of amides is 1. The van der Waals surface area contributed by atoms with Crippen LogP contribution in [0.25, 0.3) is 0 Å². The Balaban J connectivity index is 1.48. The van der Waals surface area contributed by atoms with Crippen LogP contribution in [0.2, 0.25) is 0 Å². The van der Waals surface area contributed by atoms with E-state index in [9.17, 15) is 9.59 Å². The molecule has 6 nitrogen and oxygen atoms in total. The fourth-order valence-corrected chi connectivity index (χ4v) is 7.86. The quantitative estimate of drug-likeness (QED) is 0.543. The van der Waals surface area contributed by atoms with Crippen molar-refractivity contribution in [2.24, 2.45) is 4.99 Å². The molecule has 32 heavy (non-hydrogen) atoms. The van der Waals surface area contributed by atoms with E-state index < -0.39 is 4.87 Å².